The molecule has 0 heterocycles. The van der Waals surface area contributed by atoms with E-state index in [9.17, 15) is 14.7 Å². The molecule has 0 aromatic heterocycles. The Labute approximate surface area is 138 Å². The van der Waals surface area contributed by atoms with E-state index in [0.29, 0.717) is 9.99 Å². The second kappa shape index (κ2) is 7.27. The molecule has 0 saturated heterocycles. The van der Waals surface area contributed by atoms with Gasteiger partial charge in [-0.15, -0.1) is 0 Å². The number of halogens is 2. The number of benzene rings is 1. The maximum atomic E-state index is 12.1. The number of phenolic OH excluding ortho intramolecular Hbond substituents is 1. The smallest absolute Gasteiger partial charge is 0.305 e. The summed E-state index contributed by atoms with van der Waals surface area (Å²) in [7, 11) is 0. The molecule has 0 aliphatic heterocycles. The van der Waals surface area contributed by atoms with E-state index in [-0.39, 0.29) is 17.7 Å². The van der Waals surface area contributed by atoms with E-state index < -0.39 is 17.9 Å². The van der Waals surface area contributed by atoms with Gasteiger partial charge in [0.2, 0.25) is 0 Å². The van der Waals surface area contributed by atoms with Crippen molar-refractivity contribution in [1.82, 2.24) is 5.32 Å². The summed E-state index contributed by atoms with van der Waals surface area (Å²) in [5, 5.41) is 21.2. The number of hydrogen-bond donors (Lipinski definition) is 3. The summed E-state index contributed by atoms with van der Waals surface area (Å²) in [5.41, 5.74) is 0.167. The Morgan fingerprint density at radius 2 is 2.00 bits per heavy atom. The van der Waals surface area contributed by atoms with Crippen LogP contribution in [-0.2, 0) is 4.79 Å². The van der Waals surface area contributed by atoms with Gasteiger partial charge in [0.05, 0.1) is 15.6 Å². The van der Waals surface area contributed by atoms with Crippen molar-refractivity contribution in [2.45, 2.75) is 25.8 Å². The first-order chi connectivity index (χ1) is 8.85. The molecule has 0 radical (unpaired) electrons. The average molecular weight is 489 g/mol. The molecule has 1 amide bonds. The number of amides is 1. The van der Waals surface area contributed by atoms with Crippen molar-refractivity contribution in [3.63, 3.8) is 0 Å². The lowest BCUT2D eigenvalue weighted by molar-refractivity contribution is -0.137. The summed E-state index contributed by atoms with van der Waals surface area (Å²) in [6.45, 7) is 1.80. The van der Waals surface area contributed by atoms with E-state index in [4.69, 9.17) is 5.11 Å². The lowest BCUT2D eigenvalue weighted by Crippen LogP contribution is -2.36. The molecular formula is C12H13I2NO4. The van der Waals surface area contributed by atoms with Crippen molar-refractivity contribution in [3.8, 4) is 5.75 Å². The Bertz CT molecular complexity index is 505. The molecular weight excluding hydrogens is 476 g/mol. The van der Waals surface area contributed by atoms with Crippen LogP contribution < -0.4 is 5.32 Å². The molecule has 0 fully saturated rings. The minimum absolute atomic E-state index is 0.0799. The summed E-state index contributed by atoms with van der Waals surface area (Å²) in [5.74, 6) is -1.50. The molecule has 104 valence electrons. The van der Waals surface area contributed by atoms with Crippen LogP contribution in [0.3, 0.4) is 0 Å². The number of phenols is 1. The summed E-state index contributed by atoms with van der Waals surface area (Å²) in [6, 6.07) is 2.88. The van der Waals surface area contributed by atoms with E-state index in [1.54, 1.807) is 19.1 Å². The second-order valence-electron chi connectivity index (χ2n) is 3.96. The van der Waals surface area contributed by atoms with Crippen molar-refractivity contribution in [1.29, 1.82) is 0 Å². The lowest BCUT2D eigenvalue weighted by atomic mass is 10.1. The van der Waals surface area contributed by atoms with Gasteiger partial charge >= 0.3 is 5.97 Å². The number of carbonyl (C=O) groups excluding carboxylic acids is 1. The standard InChI is InChI=1S/C12H13I2NO4/c1-2-7(5-10(16)17)15-12(19)8-3-6(13)4-9(14)11(8)18/h3-4,7,18H,2,5H2,1H3,(H,15,19)(H,16,17). The minimum atomic E-state index is -0.964. The molecule has 0 spiro atoms. The van der Waals surface area contributed by atoms with Gasteiger partial charge in [-0.3, -0.25) is 9.59 Å². The summed E-state index contributed by atoms with van der Waals surface area (Å²) in [4.78, 5) is 22.7. The van der Waals surface area contributed by atoms with Crippen LogP contribution in [0.2, 0.25) is 0 Å². The van der Waals surface area contributed by atoms with Gasteiger partial charge in [-0.25, -0.2) is 0 Å². The topological polar surface area (TPSA) is 86.6 Å². The fourth-order valence-electron chi connectivity index (χ4n) is 1.51. The molecule has 5 nitrogen and oxygen atoms in total. The van der Waals surface area contributed by atoms with Crippen molar-refractivity contribution in [3.05, 3.63) is 24.8 Å². The fraction of sp³-hybridized carbons (Fsp3) is 0.333. The zero-order valence-corrected chi connectivity index (χ0v) is 14.4. The number of nitrogens with one attached hydrogen (secondary N) is 1. The Morgan fingerprint density at radius 1 is 1.37 bits per heavy atom. The van der Waals surface area contributed by atoms with Crippen LogP contribution in [0.1, 0.15) is 30.1 Å². The maximum absolute atomic E-state index is 12.1. The van der Waals surface area contributed by atoms with E-state index >= 15 is 0 Å². The normalized spacial score (nSPS) is 11.9. The van der Waals surface area contributed by atoms with E-state index in [1.165, 1.54) is 0 Å². The number of aliphatic carboxylic acids is 1. The number of hydrogen-bond acceptors (Lipinski definition) is 3. The molecule has 1 atom stereocenters. The SMILES string of the molecule is CCC(CC(=O)O)NC(=O)c1cc(I)cc(I)c1O. The largest absolute Gasteiger partial charge is 0.506 e. The molecule has 19 heavy (non-hydrogen) atoms. The molecule has 1 rings (SSSR count). The highest BCUT2D eigenvalue weighted by Gasteiger charge is 2.19. The Kier molecular flexibility index (Phi) is 6.30. The summed E-state index contributed by atoms with van der Waals surface area (Å²) in [6.07, 6.45) is 0.379. The predicted octanol–water partition coefficient (Wildman–Crippen LogP) is 2.58. The molecule has 0 saturated carbocycles. The van der Waals surface area contributed by atoms with Gasteiger partial charge in [-0.2, -0.15) is 0 Å². The molecule has 7 heteroatoms. The highest BCUT2D eigenvalue weighted by molar-refractivity contribution is 14.1. The minimum Gasteiger partial charge on any atom is -0.506 e. The van der Waals surface area contributed by atoms with Gasteiger partial charge in [0.15, 0.2) is 0 Å². The van der Waals surface area contributed by atoms with Gasteiger partial charge in [-0.1, -0.05) is 6.92 Å². The number of aromatic hydroxyl groups is 1. The molecule has 1 unspecified atom stereocenters. The Balaban J connectivity index is 2.91. The molecule has 0 aliphatic rings. The lowest BCUT2D eigenvalue weighted by Gasteiger charge is -2.15. The zero-order valence-electron chi connectivity index (χ0n) is 10.1. The van der Waals surface area contributed by atoms with Gasteiger partial charge in [0.1, 0.15) is 5.75 Å². The van der Waals surface area contributed by atoms with Crippen LogP contribution in [0.4, 0.5) is 0 Å². The third kappa shape index (κ3) is 4.79. The average Bonchev–Trinajstić information content (AvgIpc) is 2.32. The van der Waals surface area contributed by atoms with Gasteiger partial charge in [0.25, 0.3) is 5.91 Å². The van der Waals surface area contributed by atoms with Crippen molar-refractivity contribution in [2.24, 2.45) is 0 Å². The Hall–Kier alpha value is -0.580. The van der Waals surface area contributed by atoms with Crippen LogP contribution in [0.25, 0.3) is 0 Å². The third-order valence-electron chi connectivity index (χ3n) is 2.52. The monoisotopic (exact) mass is 489 g/mol. The molecule has 0 bridgehead atoms. The van der Waals surface area contributed by atoms with Crippen molar-refractivity contribution >= 4 is 57.1 Å². The quantitative estimate of drug-likeness (QED) is 0.556. The highest BCUT2D eigenvalue weighted by atomic mass is 127. The van der Waals surface area contributed by atoms with Crippen molar-refractivity contribution in [2.75, 3.05) is 0 Å². The van der Waals surface area contributed by atoms with Crippen LogP contribution in [-0.4, -0.2) is 28.1 Å². The van der Waals surface area contributed by atoms with Gasteiger partial charge in [0, 0.05) is 9.61 Å². The van der Waals surface area contributed by atoms with E-state index in [0.717, 1.165) is 3.57 Å². The first-order valence-electron chi connectivity index (χ1n) is 5.55. The van der Waals surface area contributed by atoms with Crippen molar-refractivity contribution < 1.29 is 19.8 Å². The third-order valence-corrected chi connectivity index (χ3v) is 3.97. The molecule has 1 aromatic rings. The van der Waals surface area contributed by atoms with Crippen LogP contribution in [0.5, 0.6) is 5.75 Å². The first-order valence-corrected chi connectivity index (χ1v) is 7.71. The van der Waals surface area contributed by atoms with Crippen LogP contribution in [0.15, 0.2) is 12.1 Å². The first kappa shape index (κ1) is 16.5. The fourth-order valence-corrected chi connectivity index (χ4v) is 3.36. The number of carboxylic acid groups (broad SMARTS) is 1. The van der Waals surface area contributed by atoms with Crippen LogP contribution >= 0.6 is 45.2 Å². The second-order valence-corrected chi connectivity index (χ2v) is 6.37. The maximum Gasteiger partial charge on any atom is 0.305 e. The number of carbonyl (C=O) groups is 2. The Morgan fingerprint density at radius 3 is 2.53 bits per heavy atom. The van der Waals surface area contributed by atoms with E-state index in [2.05, 4.69) is 27.9 Å². The summed E-state index contributed by atoms with van der Waals surface area (Å²) < 4.78 is 1.41. The zero-order chi connectivity index (χ0) is 14.6. The van der Waals surface area contributed by atoms with E-state index in [1.807, 2.05) is 22.6 Å². The predicted molar refractivity (Wildman–Crippen MR) is 87.3 cm³/mol. The van der Waals surface area contributed by atoms with Gasteiger partial charge < -0.3 is 15.5 Å². The number of rotatable bonds is 5. The molecule has 0 aliphatic carbocycles. The van der Waals surface area contributed by atoms with Gasteiger partial charge in [-0.05, 0) is 63.7 Å². The molecule has 3 N–H and O–H groups in total. The molecule has 1 aromatic carbocycles. The summed E-state index contributed by atoms with van der Waals surface area (Å²) >= 11 is 4.00. The number of carboxylic acids is 1. The highest BCUT2D eigenvalue weighted by Crippen LogP contribution is 2.27. The van der Waals surface area contributed by atoms with Crippen LogP contribution in [0, 0.1) is 7.14 Å².